The Hall–Kier alpha value is -1.84. The zero-order valence-electron chi connectivity index (χ0n) is 11.9. The van der Waals surface area contributed by atoms with Crippen LogP contribution < -0.4 is 4.90 Å². The fourth-order valence-electron chi connectivity index (χ4n) is 2.03. The summed E-state index contributed by atoms with van der Waals surface area (Å²) >= 11 is 0. The molecule has 0 aliphatic carbocycles. The lowest BCUT2D eigenvalue weighted by molar-refractivity contribution is -0.140. The van der Waals surface area contributed by atoms with Crippen molar-refractivity contribution in [2.45, 2.75) is 40.2 Å². The van der Waals surface area contributed by atoms with Crippen molar-refractivity contribution in [2.24, 2.45) is 5.92 Å². The first-order valence-electron chi connectivity index (χ1n) is 6.46. The number of amides is 1. The van der Waals surface area contributed by atoms with Crippen molar-refractivity contribution < 1.29 is 14.7 Å². The summed E-state index contributed by atoms with van der Waals surface area (Å²) in [5.41, 5.74) is 2.79. The SMILES string of the molecule is CCC(C)C(C(=O)O)N(C=O)c1ccc(C)c(C)c1. The van der Waals surface area contributed by atoms with Gasteiger partial charge in [-0.25, -0.2) is 4.79 Å². The van der Waals surface area contributed by atoms with Crippen LogP contribution in [0, 0.1) is 19.8 Å². The van der Waals surface area contributed by atoms with Gasteiger partial charge in [0, 0.05) is 5.69 Å². The van der Waals surface area contributed by atoms with Gasteiger partial charge in [0.15, 0.2) is 0 Å². The van der Waals surface area contributed by atoms with Gasteiger partial charge >= 0.3 is 5.97 Å². The molecule has 0 fully saturated rings. The number of carbonyl (C=O) groups is 2. The van der Waals surface area contributed by atoms with Crippen LogP contribution in [0.1, 0.15) is 31.4 Å². The summed E-state index contributed by atoms with van der Waals surface area (Å²) in [4.78, 5) is 24.1. The molecule has 0 aliphatic rings. The second-order valence-electron chi connectivity index (χ2n) is 4.95. The van der Waals surface area contributed by atoms with Crippen LogP contribution in [0.4, 0.5) is 5.69 Å². The third kappa shape index (κ3) is 3.34. The van der Waals surface area contributed by atoms with E-state index in [9.17, 15) is 14.7 Å². The Kier molecular flexibility index (Phi) is 5.10. The van der Waals surface area contributed by atoms with Crippen LogP contribution in [0.3, 0.4) is 0 Å². The second-order valence-corrected chi connectivity index (χ2v) is 4.95. The normalized spacial score (nSPS) is 13.7. The largest absolute Gasteiger partial charge is 0.480 e. The van der Waals surface area contributed by atoms with Crippen molar-refractivity contribution in [2.75, 3.05) is 4.90 Å². The Morgan fingerprint density at radius 3 is 2.42 bits per heavy atom. The van der Waals surface area contributed by atoms with Crippen LogP contribution in [0.15, 0.2) is 18.2 Å². The van der Waals surface area contributed by atoms with Crippen molar-refractivity contribution in [3.05, 3.63) is 29.3 Å². The molecule has 2 unspecified atom stereocenters. The molecule has 0 saturated carbocycles. The van der Waals surface area contributed by atoms with Gasteiger partial charge in [-0.2, -0.15) is 0 Å². The van der Waals surface area contributed by atoms with E-state index in [0.29, 0.717) is 18.5 Å². The van der Waals surface area contributed by atoms with Crippen molar-refractivity contribution in [3.8, 4) is 0 Å². The molecule has 1 rings (SSSR count). The fourth-order valence-corrected chi connectivity index (χ4v) is 2.03. The summed E-state index contributed by atoms with van der Waals surface area (Å²) in [5.74, 6) is -1.08. The number of hydrogen-bond acceptors (Lipinski definition) is 2. The lowest BCUT2D eigenvalue weighted by atomic mass is 9.97. The standard InChI is InChI=1S/C15H21NO3/c1-5-10(2)14(15(18)19)16(9-17)13-7-6-11(3)12(4)8-13/h6-10,14H,5H2,1-4H3,(H,18,19). The summed E-state index contributed by atoms with van der Waals surface area (Å²) in [6, 6.07) is 4.71. The van der Waals surface area contributed by atoms with Gasteiger partial charge in [-0.05, 0) is 43.0 Å². The highest BCUT2D eigenvalue weighted by atomic mass is 16.4. The molecule has 1 N–H and O–H groups in total. The Labute approximate surface area is 114 Å². The Bertz CT molecular complexity index is 470. The van der Waals surface area contributed by atoms with Crippen molar-refractivity contribution in [1.82, 2.24) is 0 Å². The van der Waals surface area contributed by atoms with E-state index in [1.807, 2.05) is 39.8 Å². The molecule has 0 radical (unpaired) electrons. The van der Waals surface area contributed by atoms with E-state index in [1.165, 1.54) is 4.90 Å². The van der Waals surface area contributed by atoms with Crippen LogP contribution >= 0.6 is 0 Å². The number of carbonyl (C=O) groups excluding carboxylic acids is 1. The minimum atomic E-state index is -0.973. The Morgan fingerprint density at radius 1 is 1.37 bits per heavy atom. The molecule has 2 atom stereocenters. The van der Waals surface area contributed by atoms with E-state index >= 15 is 0 Å². The molecule has 1 aromatic rings. The lowest BCUT2D eigenvalue weighted by Gasteiger charge is -2.29. The Morgan fingerprint density at radius 2 is 2.00 bits per heavy atom. The van der Waals surface area contributed by atoms with E-state index in [1.54, 1.807) is 6.07 Å². The quantitative estimate of drug-likeness (QED) is 0.803. The minimum Gasteiger partial charge on any atom is -0.480 e. The van der Waals surface area contributed by atoms with E-state index < -0.39 is 12.0 Å². The van der Waals surface area contributed by atoms with Crippen molar-refractivity contribution >= 4 is 18.1 Å². The first-order chi connectivity index (χ1) is 8.92. The van der Waals surface area contributed by atoms with Crippen molar-refractivity contribution in [3.63, 3.8) is 0 Å². The smallest absolute Gasteiger partial charge is 0.327 e. The molecule has 1 aromatic carbocycles. The van der Waals surface area contributed by atoms with Crippen LogP contribution in [-0.2, 0) is 9.59 Å². The lowest BCUT2D eigenvalue weighted by Crippen LogP contribution is -2.45. The zero-order chi connectivity index (χ0) is 14.6. The van der Waals surface area contributed by atoms with Gasteiger partial charge in [0.25, 0.3) is 0 Å². The van der Waals surface area contributed by atoms with Gasteiger partial charge in [-0.3, -0.25) is 4.79 Å². The maximum Gasteiger partial charge on any atom is 0.327 e. The highest BCUT2D eigenvalue weighted by molar-refractivity contribution is 5.88. The number of aliphatic carboxylic acids is 1. The van der Waals surface area contributed by atoms with E-state index in [0.717, 1.165) is 11.1 Å². The van der Waals surface area contributed by atoms with Crippen LogP contribution in [-0.4, -0.2) is 23.5 Å². The monoisotopic (exact) mass is 263 g/mol. The Balaban J connectivity index is 3.19. The summed E-state index contributed by atoms with van der Waals surface area (Å²) in [6.45, 7) is 7.69. The molecule has 1 amide bonds. The summed E-state index contributed by atoms with van der Waals surface area (Å²) in [7, 11) is 0. The van der Waals surface area contributed by atoms with E-state index in [2.05, 4.69) is 0 Å². The molecule has 0 spiro atoms. The predicted octanol–water partition coefficient (Wildman–Crippen LogP) is 2.77. The molecule has 0 heterocycles. The molecule has 19 heavy (non-hydrogen) atoms. The number of benzene rings is 1. The van der Waals surface area contributed by atoms with Gasteiger partial charge in [0.1, 0.15) is 6.04 Å². The fraction of sp³-hybridized carbons (Fsp3) is 0.467. The number of carboxylic acids is 1. The average molecular weight is 263 g/mol. The number of nitrogens with zero attached hydrogens (tertiary/aromatic N) is 1. The highest BCUT2D eigenvalue weighted by Gasteiger charge is 2.30. The summed E-state index contributed by atoms with van der Waals surface area (Å²) in [5, 5.41) is 9.36. The third-order valence-corrected chi connectivity index (χ3v) is 3.64. The van der Waals surface area contributed by atoms with Crippen molar-refractivity contribution in [1.29, 1.82) is 0 Å². The van der Waals surface area contributed by atoms with Gasteiger partial charge < -0.3 is 10.0 Å². The molecule has 0 aromatic heterocycles. The number of anilines is 1. The van der Waals surface area contributed by atoms with Gasteiger partial charge in [0.05, 0.1) is 0 Å². The number of aryl methyl sites for hydroxylation is 2. The molecule has 4 heteroatoms. The molecular weight excluding hydrogens is 242 g/mol. The molecule has 104 valence electrons. The summed E-state index contributed by atoms with van der Waals surface area (Å²) < 4.78 is 0. The number of carboxylic acid groups (broad SMARTS) is 1. The van der Waals surface area contributed by atoms with Crippen LogP contribution in [0.25, 0.3) is 0 Å². The summed E-state index contributed by atoms with van der Waals surface area (Å²) in [6.07, 6.45) is 1.31. The first-order valence-corrected chi connectivity index (χ1v) is 6.46. The highest BCUT2D eigenvalue weighted by Crippen LogP contribution is 2.24. The predicted molar refractivity (Wildman–Crippen MR) is 75.3 cm³/mol. The number of rotatable bonds is 6. The number of hydrogen-bond donors (Lipinski definition) is 1. The van der Waals surface area contributed by atoms with Gasteiger partial charge in [-0.1, -0.05) is 26.3 Å². The second kappa shape index (κ2) is 6.36. The van der Waals surface area contributed by atoms with Gasteiger partial charge in [-0.15, -0.1) is 0 Å². The maximum atomic E-state index is 11.4. The third-order valence-electron chi connectivity index (χ3n) is 3.64. The van der Waals surface area contributed by atoms with Crippen LogP contribution in [0.5, 0.6) is 0 Å². The molecule has 0 bridgehead atoms. The molecule has 4 nitrogen and oxygen atoms in total. The molecule has 0 aliphatic heterocycles. The zero-order valence-corrected chi connectivity index (χ0v) is 11.9. The van der Waals surface area contributed by atoms with Crippen LogP contribution in [0.2, 0.25) is 0 Å². The maximum absolute atomic E-state index is 11.4. The first kappa shape index (κ1) is 15.2. The molecule has 0 saturated heterocycles. The van der Waals surface area contributed by atoms with Gasteiger partial charge in [0.2, 0.25) is 6.41 Å². The topological polar surface area (TPSA) is 57.6 Å². The average Bonchev–Trinajstić information content (AvgIpc) is 2.38. The van der Waals surface area contributed by atoms with E-state index in [-0.39, 0.29) is 5.92 Å². The van der Waals surface area contributed by atoms with E-state index in [4.69, 9.17) is 0 Å². The molecular formula is C15H21NO3. The minimum absolute atomic E-state index is 0.107.